The first kappa shape index (κ1) is 16.1. The van der Waals surface area contributed by atoms with Gasteiger partial charge < -0.3 is 10.6 Å². The van der Waals surface area contributed by atoms with Gasteiger partial charge >= 0.3 is 0 Å². The summed E-state index contributed by atoms with van der Waals surface area (Å²) in [5.74, 6) is 0.829. The molecule has 2 N–H and O–H groups in total. The van der Waals surface area contributed by atoms with E-state index in [9.17, 15) is 4.79 Å². The maximum absolute atomic E-state index is 11.1. The number of thioether (sulfide) groups is 1. The van der Waals surface area contributed by atoms with Gasteiger partial charge in [-0.1, -0.05) is 11.8 Å². The van der Waals surface area contributed by atoms with Crippen LogP contribution in [0.4, 0.5) is 5.82 Å². The number of amides is 1. The van der Waals surface area contributed by atoms with Crippen LogP contribution in [0.3, 0.4) is 0 Å². The van der Waals surface area contributed by atoms with Crippen LogP contribution >= 0.6 is 23.1 Å². The van der Waals surface area contributed by atoms with Crippen LogP contribution in [0.25, 0.3) is 10.2 Å². The van der Waals surface area contributed by atoms with Gasteiger partial charge in [-0.25, -0.2) is 9.97 Å². The summed E-state index contributed by atoms with van der Waals surface area (Å²) >= 11 is 3.44. The quantitative estimate of drug-likeness (QED) is 0.656. The Morgan fingerprint density at radius 3 is 2.75 bits per heavy atom. The van der Waals surface area contributed by atoms with Crippen molar-refractivity contribution in [3.63, 3.8) is 0 Å². The molecule has 0 atom stereocenters. The topological polar surface area (TPSA) is 75.3 Å². The van der Waals surface area contributed by atoms with Crippen molar-refractivity contribution >= 4 is 45.0 Å². The number of carbonyl (C=O) groups excluding carboxylic acids is 1. The SMILES string of the molecule is CSc1nc(N2CCN(CC(N)=O)CC2)c2c3c(sc2n1)CCC3. The maximum atomic E-state index is 11.1. The summed E-state index contributed by atoms with van der Waals surface area (Å²) in [7, 11) is 0. The summed E-state index contributed by atoms with van der Waals surface area (Å²) < 4.78 is 0. The molecule has 1 amide bonds. The number of aryl methyl sites for hydroxylation is 2. The molecule has 0 saturated carbocycles. The Kier molecular flexibility index (Phi) is 4.36. The molecule has 0 aromatic carbocycles. The van der Waals surface area contributed by atoms with E-state index in [2.05, 4.69) is 9.80 Å². The first-order valence-corrected chi connectivity index (χ1v) is 10.3. The summed E-state index contributed by atoms with van der Waals surface area (Å²) in [5.41, 5.74) is 6.78. The predicted molar refractivity (Wildman–Crippen MR) is 99.1 cm³/mol. The van der Waals surface area contributed by atoms with E-state index in [0.717, 1.165) is 48.4 Å². The molecule has 2 aliphatic rings. The van der Waals surface area contributed by atoms with Gasteiger partial charge in [-0.05, 0) is 31.1 Å². The lowest BCUT2D eigenvalue weighted by atomic mass is 10.1. The largest absolute Gasteiger partial charge is 0.369 e. The fourth-order valence-electron chi connectivity index (χ4n) is 3.62. The van der Waals surface area contributed by atoms with Gasteiger partial charge in [-0.2, -0.15) is 0 Å². The molecule has 128 valence electrons. The van der Waals surface area contributed by atoms with E-state index < -0.39 is 0 Å². The Morgan fingerprint density at radius 1 is 1.25 bits per heavy atom. The molecule has 0 bridgehead atoms. The van der Waals surface area contributed by atoms with Gasteiger partial charge in [0.15, 0.2) is 5.16 Å². The van der Waals surface area contributed by atoms with E-state index in [4.69, 9.17) is 15.7 Å². The maximum Gasteiger partial charge on any atom is 0.231 e. The summed E-state index contributed by atoms with van der Waals surface area (Å²) in [6, 6.07) is 0. The number of aromatic nitrogens is 2. The second kappa shape index (κ2) is 6.50. The van der Waals surface area contributed by atoms with Crippen LogP contribution in [0.1, 0.15) is 16.9 Å². The highest BCUT2D eigenvalue weighted by atomic mass is 32.2. The predicted octanol–water partition coefficient (Wildman–Crippen LogP) is 1.51. The molecule has 4 rings (SSSR count). The van der Waals surface area contributed by atoms with Gasteiger partial charge in [-0.3, -0.25) is 9.69 Å². The number of hydrogen-bond donors (Lipinski definition) is 1. The molecule has 1 aliphatic carbocycles. The number of carbonyl (C=O) groups is 1. The molecule has 24 heavy (non-hydrogen) atoms. The van der Waals surface area contributed by atoms with Crippen LogP contribution in [0.2, 0.25) is 0 Å². The van der Waals surface area contributed by atoms with Gasteiger partial charge in [0.05, 0.1) is 11.9 Å². The van der Waals surface area contributed by atoms with Gasteiger partial charge in [0.2, 0.25) is 5.91 Å². The number of rotatable bonds is 4. The highest BCUT2D eigenvalue weighted by Gasteiger charge is 2.26. The second-order valence-corrected chi connectivity index (χ2v) is 8.16. The van der Waals surface area contributed by atoms with Gasteiger partial charge in [0.25, 0.3) is 0 Å². The average molecular weight is 364 g/mol. The molecule has 8 heteroatoms. The molecule has 2 aromatic rings. The van der Waals surface area contributed by atoms with E-state index in [1.54, 1.807) is 11.8 Å². The number of fused-ring (bicyclic) bond motifs is 3. The number of primary amides is 1. The highest BCUT2D eigenvalue weighted by molar-refractivity contribution is 7.98. The molecular formula is C16H21N5OS2. The number of thiophene rings is 1. The fourth-order valence-corrected chi connectivity index (χ4v) is 5.29. The van der Waals surface area contributed by atoms with Crippen molar-refractivity contribution in [2.45, 2.75) is 24.4 Å². The Morgan fingerprint density at radius 2 is 2.04 bits per heavy atom. The van der Waals surface area contributed by atoms with E-state index in [-0.39, 0.29) is 5.91 Å². The number of anilines is 1. The van der Waals surface area contributed by atoms with Gasteiger partial charge in [0.1, 0.15) is 10.6 Å². The molecule has 0 unspecified atom stereocenters. The van der Waals surface area contributed by atoms with Crippen molar-refractivity contribution in [2.75, 3.05) is 43.9 Å². The van der Waals surface area contributed by atoms with Crippen molar-refractivity contribution in [2.24, 2.45) is 5.73 Å². The van der Waals surface area contributed by atoms with Crippen molar-refractivity contribution in [1.82, 2.24) is 14.9 Å². The third-order valence-electron chi connectivity index (χ3n) is 4.76. The Hall–Kier alpha value is -1.38. The molecule has 3 heterocycles. The number of piperazine rings is 1. The van der Waals surface area contributed by atoms with Crippen molar-refractivity contribution in [3.05, 3.63) is 10.4 Å². The number of hydrogen-bond acceptors (Lipinski definition) is 7. The molecule has 1 saturated heterocycles. The van der Waals surface area contributed by atoms with Crippen LogP contribution in [0.5, 0.6) is 0 Å². The van der Waals surface area contributed by atoms with E-state index in [1.807, 2.05) is 17.6 Å². The normalized spacial score (nSPS) is 18.3. The van der Waals surface area contributed by atoms with E-state index in [1.165, 1.54) is 28.7 Å². The van der Waals surface area contributed by atoms with Crippen molar-refractivity contribution in [3.8, 4) is 0 Å². The van der Waals surface area contributed by atoms with Crippen LogP contribution in [-0.2, 0) is 17.6 Å². The Bertz CT molecular complexity index is 782. The summed E-state index contributed by atoms with van der Waals surface area (Å²) in [6.45, 7) is 3.78. The lowest BCUT2D eigenvalue weighted by molar-refractivity contribution is -0.119. The molecule has 1 fully saturated rings. The zero-order valence-corrected chi connectivity index (χ0v) is 15.4. The zero-order valence-electron chi connectivity index (χ0n) is 13.7. The molecule has 0 radical (unpaired) electrons. The summed E-state index contributed by atoms with van der Waals surface area (Å²) in [4.78, 5) is 27.8. The van der Waals surface area contributed by atoms with Crippen LogP contribution in [0.15, 0.2) is 5.16 Å². The summed E-state index contributed by atoms with van der Waals surface area (Å²) in [6.07, 6.45) is 5.59. The number of nitrogens with two attached hydrogens (primary N) is 1. The molecular weight excluding hydrogens is 342 g/mol. The minimum Gasteiger partial charge on any atom is -0.369 e. The highest BCUT2D eigenvalue weighted by Crippen LogP contribution is 2.41. The smallest absolute Gasteiger partial charge is 0.231 e. The molecule has 1 aliphatic heterocycles. The lowest BCUT2D eigenvalue weighted by Crippen LogP contribution is -2.49. The first-order valence-electron chi connectivity index (χ1n) is 8.27. The average Bonchev–Trinajstić information content (AvgIpc) is 3.14. The van der Waals surface area contributed by atoms with Crippen LogP contribution in [-0.4, -0.2) is 59.8 Å². The third kappa shape index (κ3) is 2.87. The monoisotopic (exact) mass is 363 g/mol. The van der Waals surface area contributed by atoms with Crippen LogP contribution in [0, 0.1) is 0 Å². The fraction of sp³-hybridized carbons (Fsp3) is 0.562. The molecule has 6 nitrogen and oxygen atoms in total. The second-order valence-electron chi connectivity index (χ2n) is 6.30. The van der Waals surface area contributed by atoms with E-state index in [0.29, 0.717) is 6.54 Å². The van der Waals surface area contributed by atoms with E-state index >= 15 is 0 Å². The molecule has 0 spiro atoms. The standard InChI is InChI=1S/C16H21N5OS2/c1-23-16-18-14(21-7-5-20(6-8-21)9-12(17)22)13-10-3-2-4-11(10)24-15(13)19-16/h2-9H2,1H3,(H2,17,22). The Labute approximate surface area is 149 Å². The lowest BCUT2D eigenvalue weighted by Gasteiger charge is -2.35. The first-order chi connectivity index (χ1) is 11.7. The van der Waals surface area contributed by atoms with Gasteiger partial charge in [0, 0.05) is 31.1 Å². The molecule has 2 aromatic heterocycles. The van der Waals surface area contributed by atoms with Crippen molar-refractivity contribution in [1.29, 1.82) is 0 Å². The summed E-state index contributed by atoms with van der Waals surface area (Å²) in [5, 5.41) is 2.12. The minimum absolute atomic E-state index is 0.256. The van der Waals surface area contributed by atoms with Gasteiger partial charge in [-0.15, -0.1) is 11.3 Å². The Balaban J connectivity index is 1.67. The van der Waals surface area contributed by atoms with Crippen molar-refractivity contribution < 1.29 is 4.79 Å². The van der Waals surface area contributed by atoms with Crippen LogP contribution < -0.4 is 10.6 Å². The third-order valence-corrected chi connectivity index (χ3v) is 6.49. The zero-order chi connectivity index (χ0) is 16.7. The number of nitrogens with zero attached hydrogens (tertiary/aromatic N) is 4. The minimum atomic E-state index is -0.256.